The number of methoxy groups -OCH3 is 2. The number of hydrogen-bond donors (Lipinski definition) is 0. The predicted molar refractivity (Wildman–Crippen MR) is 176 cm³/mol. The molecule has 2 spiro atoms. The van der Waals surface area contributed by atoms with Crippen LogP contribution in [0.15, 0.2) is 90.5 Å². The topological polar surface area (TPSA) is 59.1 Å². The molecule has 3 aliphatic heterocycles. The van der Waals surface area contributed by atoms with E-state index in [-0.39, 0.29) is 23.5 Å². The number of benzene rings is 4. The second kappa shape index (κ2) is 10.4. The van der Waals surface area contributed by atoms with Gasteiger partial charge >= 0.3 is 0 Å². The Bertz CT molecular complexity index is 1860. The van der Waals surface area contributed by atoms with E-state index in [2.05, 4.69) is 53.2 Å². The summed E-state index contributed by atoms with van der Waals surface area (Å²) < 4.78 is 10.9. The molecule has 6 nitrogen and oxygen atoms in total. The first kappa shape index (κ1) is 28.2. The summed E-state index contributed by atoms with van der Waals surface area (Å²) in [6, 6.07) is 28.5. The van der Waals surface area contributed by atoms with Crippen LogP contribution in [-0.4, -0.2) is 68.3 Å². The molecule has 45 heavy (non-hydrogen) atoms. The molecule has 3 heterocycles. The van der Waals surface area contributed by atoms with Crippen LogP contribution in [0.25, 0.3) is 16.8 Å². The molecule has 228 valence electrons. The Morgan fingerprint density at radius 2 is 1.51 bits per heavy atom. The smallest absolute Gasteiger partial charge is 0.189 e. The van der Waals surface area contributed by atoms with E-state index in [1.54, 1.807) is 14.2 Å². The van der Waals surface area contributed by atoms with Crippen molar-refractivity contribution in [1.82, 2.24) is 9.80 Å². The quantitative estimate of drug-likeness (QED) is 0.251. The number of ketones is 2. The molecule has 3 fully saturated rings. The number of likely N-dealkylation sites (tertiary alicyclic amines) is 1. The molecule has 0 aromatic heterocycles. The number of hydrogen-bond acceptors (Lipinski definition) is 6. The molecule has 0 bridgehead atoms. The summed E-state index contributed by atoms with van der Waals surface area (Å²) in [4.78, 5) is 35.9. The molecule has 0 amide bonds. The number of rotatable bonds is 4. The van der Waals surface area contributed by atoms with Crippen LogP contribution in [0.1, 0.15) is 52.2 Å². The fourth-order valence-electron chi connectivity index (χ4n) is 9.46. The highest BCUT2D eigenvalue weighted by atomic mass is 16.5. The van der Waals surface area contributed by atoms with Crippen LogP contribution in [-0.2, 0) is 10.3 Å². The van der Waals surface area contributed by atoms with Crippen molar-refractivity contribution in [3.63, 3.8) is 0 Å². The number of ether oxygens (including phenoxy) is 2. The van der Waals surface area contributed by atoms with Gasteiger partial charge in [0.15, 0.2) is 11.6 Å². The molecule has 8 rings (SSSR count). The fourth-order valence-corrected chi connectivity index (χ4v) is 9.46. The monoisotopic (exact) mass is 598 g/mol. The maximum atomic E-state index is 15.7. The minimum Gasteiger partial charge on any atom is -0.497 e. The van der Waals surface area contributed by atoms with Gasteiger partial charge in [0, 0.05) is 36.2 Å². The van der Waals surface area contributed by atoms with Crippen molar-refractivity contribution >= 4 is 28.4 Å². The predicted octanol–water partition coefficient (Wildman–Crippen LogP) is 6.49. The second-order valence-corrected chi connectivity index (χ2v) is 13.2. The third-order valence-corrected chi connectivity index (χ3v) is 11.0. The van der Waals surface area contributed by atoms with Crippen LogP contribution in [0, 0.1) is 5.41 Å². The zero-order valence-electron chi connectivity index (χ0n) is 26.1. The van der Waals surface area contributed by atoms with Crippen LogP contribution in [0.4, 0.5) is 0 Å². The van der Waals surface area contributed by atoms with E-state index in [0.29, 0.717) is 13.1 Å². The molecule has 6 heteroatoms. The third-order valence-electron chi connectivity index (χ3n) is 11.0. The van der Waals surface area contributed by atoms with E-state index in [0.717, 1.165) is 75.9 Å². The van der Waals surface area contributed by atoms with Crippen molar-refractivity contribution in [2.24, 2.45) is 5.41 Å². The molecule has 0 unspecified atom stereocenters. The largest absolute Gasteiger partial charge is 0.497 e. The Kier molecular flexibility index (Phi) is 6.52. The summed E-state index contributed by atoms with van der Waals surface area (Å²) in [5.74, 6) is 1.53. The van der Waals surface area contributed by atoms with Crippen LogP contribution in [0.3, 0.4) is 0 Å². The average molecular weight is 599 g/mol. The summed E-state index contributed by atoms with van der Waals surface area (Å²) in [5, 5.41) is 2.06. The molecule has 4 aromatic rings. The Balaban J connectivity index is 1.43. The van der Waals surface area contributed by atoms with Gasteiger partial charge in [0.1, 0.15) is 17.0 Å². The molecule has 1 aliphatic carbocycles. The maximum Gasteiger partial charge on any atom is 0.189 e. The maximum absolute atomic E-state index is 15.7. The van der Waals surface area contributed by atoms with Crippen molar-refractivity contribution < 1.29 is 19.1 Å². The van der Waals surface area contributed by atoms with E-state index in [4.69, 9.17) is 9.47 Å². The van der Waals surface area contributed by atoms with Gasteiger partial charge in [-0.2, -0.15) is 0 Å². The van der Waals surface area contributed by atoms with Crippen molar-refractivity contribution in [3.8, 4) is 11.5 Å². The molecule has 0 saturated carbocycles. The first-order valence-electron chi connectivity index (χ1n) is 16.0. The van der Waals surface area contributed by atoms with Gasteiger partial charge in [0.2, 0.25) is 0 Å². The lowest BCUT2D eigenvalue weighted by molar-refractivity contribution is -0.134. The SMILES string of the molecule is COc1ccc(/C=C2\CN(C)C[C@@]3(C2=O)[C@@H](c2ccc(OC)cc2)[C@@H]2CCCCN2[C@@]32C(=O)c3cccc4cccc2c34)cc1. The molecular weight excluding hydrogens is 560 g/mol. The number of Topliss-reactive ketones (excluding diaryl/α,β-unsaturated/α-hetero) is 2. The lowest BCUT2D eigenvalue weighted by Gasteiger charge is -2.52. The van der Waals surface area contributed by atoms with Crippen molar-refractivity contribution in [2.75, 3.05) is 40.9 Å². The van der Waals surface area contributed by atoms with Crippen LogP contribution < -0.4 is 9.47 Å². The number of fused-ring (bicyclic) bond motifs is 4. The number of piperidine rings is 2. The minimum absolute atomic E-state index is 0.0401. The highest BCUT2D eigenvalue weighted by Crippen LogP contribution is 2.69. The van der Waals surface area contributed by atoms with E-state index < -0.39 is 11.0 Å². The molecular formula is C39H38N2O4. The van der Waals surface area contributed by atoms with Crippen molar-refractivity contribution in [3.05, 3.63) is 113 Å². The summed E-state index contributed by atoms with van der Waals surface area (Å²) in [6.45, 7) is 1.79. The summed E-state index contributed by atoms with van der Waals surface area (Å²) >= 11 is 0. The normalized spacial score (nSPS) is 28.8. The Morgan fingerprint density at radius 1 is 0.822 bits per heavy atom. The number of nitrogens with zero attached hydrogens (tertiary/aromatic N) is 2. The molecule has 4 aliphatic rings. The van der Waals surface area contributed by atoms with Gasteiger partial charge in [-0.3, -0.25) is 14.5 Å². The van der Waals surface area contributed by atoms with Gasteiger partial charge in [-0.05, 0) is 84.2 Å². The van der Waals surface area contributed by atoms with E-state index in [9.17, 15) is 0 Å². The highest BCUT2D eigenvalue weighted by molar-refractivity contribution is 6.24. The van der Waals surface area contributed by atoms with Crippen LogP contribution >= 0.6 is 0 Å². The standard InChI is InChI=1S/C39H38N2O4/c1-40-23-28(22-25-13-17-29(44-2)18-14-25)36(42)38(24-40)35(27-15-19-30(45-3)20-16-27)33-12-4-5-21-41(33)39(38)32-11-7-9-26-8-6-10-31(34(26)32)37(39)43/h6-11,13-20,22,33,35H,4-5,12,21,23-24H2,1-3H3/b28-22+/t33-,35-,38-,39-/m0/s1. The zero-order valence-corrected chi connectivity index (χ0v) is 26.1. The van der Waals surface area contributed by atoms with E-state index in [1.165, 1.54) is 0 Å². The zero-order chi connectivity index (χ0) is 30.9. The highest BCUT2D eigenvalue weighted by Gasteiger charge is 2.77. The van der Waals surface area contributed by atoms with Gasteiger partial charge in [0.25, 0.3) is 0 Å². The first-order valence-corrected chi connectivity index (χ1v) is 16.0. The molecule has 0 radical (unpaired) electrons. The lowest BCUT2D eigenvalue weighted by atomic mass is 9.54. The Morgan fingerprint density at radius 3 is 2.22 bits per heavy atom. The van der Waals surface area contributed by atoms with Gasteiger partial charge in [-0.1, -0.05) is 67.1 Å². The first-order chi connectivity index (χ1) is 21.9. The minimum atomic E-state index is -1.11. The van der Waals surface area contributed by atoms with Crippen molar-refractivity contribution in [2.45, 2.75) is 36.8 Å². The lowest BCUT2D eigenvalue weighted by Crippen LogP contribution is -2.65. The van der Waals surface area contributed by atoms with Crippen molar-refractivity contribution in [1.29, 1.82) is 0 Å². The molecule has 4 aromatic carbocycles. The Labute approximate surface area is 264 Å². The summed E-state index contributed by atoms with van der Waals surface area (Å²) in [7, 11) is 5.43. The van der Waals surface area contributed by atoms with E-state index in [1.807, 2.05) is 54.6 Å². The number of carbonyl (C=O) groups is 2. The van der Waals surface area contributed by atoms with Gasteiger partial charge < -0.3 is 14.4 Å². The number of carbonyl (C=O) groups excluding carboxylic acids is 2. The van der Waals surface area contributed by atoms with Gasteiger partial charge in [-0.15, -0.1) is 0 Å². The summed E-state index contributed by atoms with van der Waals surface area (Å²) in [5.41, 5.74) is 2.34. The van der Waals surface area contributed by atoms with Gasteiger partial charge in [0.05, 0.1) is 19.6 Å². The van der Waals surface area contributed by atoms with Crippen LogP contribution in [0.2, 0.25) is 0 Å². The number of likely N-dealkylation sites (N-methyl/N-ethyl adjacent to an activating group) is 1. The average Bonchev–Trinajstić information content (AvgIpc) is 3.48. The second-order valence-electron chi connectivity index (χ2n) is 13.2. The Hall–Kier alpha value is -4.26. The third kappa shape index (κ3) is 3.76. The van der Waals surface area contributed by atoms with Gasteiger partial charge in [-0.25, -0.2) is 0 Å². The molecule has 3 saturated heterocycles. The van der Waals surface area contributed by atoms with Crippen LogP contribution in [0.5, 0.6) is 11.5 Å². The molecule has 4 atom stereocenters. The summed E-state index contributed by atoms with van der Waals surface area (Å²) in [6.07, 6.45) is 5.04. The molecule has 0 N–H and O–H groups in total. The van der Waals surface area contributed by atoms with E-state index >= 15 is 9.59 Å². The fraction of sp³-hybridized carbons (Fsp3) is 0.333.